The molecule has 0 saturated heterocycles. The quantitative estimate of drug-likeness (QED) is 0.613. The molecule has 2 N–H and O–H groups in total. The third-order valence-electron chi connectivity index (χ3n) is 4.16. The van der Waals surface area contributed by atoms with Crippen molar-refractivity contribution in [3.8, 4) is 0 Å². The van der Waals surface area contributed by atoms with Gasteiger partial charge in [-0.05, 0) is 29.1 Å². The molecule has 0 aromatic carbocycles. The van der Waals surface area contributed by atoms with E-state index in [1.165, 1.54) is 12.8 Å². The van der Waals surface area contributed by atoms with Crippen molar-refractivity contribution >= 4 is 0 Å². The van der Waals surface area contributed by atoms with Gasteiger partial charge < -0.3 is 5.73 Å². The SMILES string of the molecule is CC(C)(C)C1(C(C)(C)C)CC[C@@H]1N. The van der Waals surface area contributed by atoms with Gasteiger partial charge in [-0.3, -0.25) is 0 Å². The molecule has 0 unspecified atom stereocenters. The van der Waals surface area contributed by atoms with Crippen LogP contribution < -0.4 is 5.73 Å². The average molecular weight is 183 g/mol. The smallest absolute Gasteiger partial charge is 0.0106 e. The van der Waals surface area contributed by atoms with E-state index in [1.54, 1.807) is 0 Å². The maximum absolute atomic E-state index is 6.23. The van der Waals surface area contributed by atoms with Crippen molar-refractivity contribution in [2.45, 2.75) is 60.4 Å². The lowest BCUT2D eigenvalue weighted by Gasteiger charge is -2.63. The average Bonchev–Trinajstić information content (AvgIpc) is 1.77. The molecule has 13 heavy (non-hydrogen) atoms. The summed E-state index contributed by atoms with van der Waals surface area (Å²) in [6.07, 6.45) is 2.50. The van der Waals surface area contributed by atoms with Crippen molar-refractivity contribution in [2.75, 3.05) is 0 Å². The van der Waals surface area contributed by atoms with Gasteiger partial charge in [0.15, 0.2) is 0 Å². The van der Waals surface area contributed by atoms with E-state index < -0.39 is 0 Å². The Morgan fingerprint density at radius 2 is 1.38 bits per heavy atom. The minimum atomic E-state index is 0.322. The third-order valence-corrected chi connectivity index (χ3v) is 4.16. The Morgan fingerprint density at radius 3 is 1.38 bits per heavy atom. The van der Waals surface area contributed by atoms with E-state index >= 15 is 0 Å². The van der Waals surface area contributed by atoms with Gasteiger partial charge in [0.25, 0.3) is 0 Å². The molecule has 0 bridgehead atoms. The van der Waals surface area contributed by atoms with E-state index in [1.807, 2.05) is 0 Å². The lowest BCUT2D eigenvalue weighted by Crippen LogP contribution is -2.64. The van der Waals surface area contributed by atoms with Crippen molar-refractivity contribution in [3.63, 3.8) is 0 Å². The second-order valence-electron chi connectivity index (χ2n) is 6.62. The highest BCUT2D eigenvalue weighted by molar-refractivity contribution is 5.10. The normalized spacial score (nSPS) is 28.4. The molecule has 0 spiro atoms. The van der Waals surface area contributed by atoms with Gasteiger partial charge in [0.2, 0.25) is 0 Å². The minimum Gasteiger partial charge on any atom is -0.327 e. The molecule has 0 radical (unpaired) electrons. The molecule has 78 valence electrons. The summed E-state index contributed by atoms with van der Waals surface area (Å²) in [7, 11) is 0. The summed E-state index contributed by atoms with van der Waals surface area (Å²) in [5.41, 5.74) is 7.21. The van der Waals surface area contributed by atoms with E-state index in [0.29, 0.717) is 22.3 Å². The molecule has 0 amide bonds. The summed E-state index contributed by atoms with van der Waals surface area (Å²) >= 11 is 0. The van der Waals surface area contributed by atoms with Gasteiger partial charge in [0.05, 0.1) is 0 Å². The Balaban J connectivity index is 3.04. The van der Waals surface area contributed by atoms with E-state index in [0.717, 1.165) is 0 Å². The van der Waals surface area contributed by atoms with Gasteiger partial charge in [0.1, 0.15) is 0 Å². The molecule has 1 aliphatic carbocycles. The first-order valence-electron chi connectivity index (χ1n) is 5.38. The summed E-state index contributed by atoms with van der Waals surface area (Å²) in [6.45, 7) is 14.0. The Kier molecular flexibility index (Phi) is 2.31. The minimum absolute atomic E-state index is 0.322. The predicted octanol–water partition coefficient (Wildman–Crippen LogP) is 3.19. The number of hydrogen-bond donors (Lipinski definition) is 1. The predicted molar refractivity (Wildman–Crippen MR) is 58.6 cm³/mol. The summed E-state index contributed by atoms with van der Waals surface area (Å²) in [5, 5.41) is 0. The standard InChI is InChI=1S/C12H25N/c1-10(2,3)12(11(4,5)6)8-7-9(12)13/h9H,7-8,13H2,1-6H3/t9-/m0/s1. The van der Waals surface area contributed by atoms with Gasteiger partial charge in [-0.25, -0.2) is 0 Å². The molecule has 1 aliphatic rings. The van der Waals surface area contributed by atoms with Crippen LogP contribution in [0.15, 0.2) is 0 Å². The first-order chi connectivity index (χ1) is 5.63. The Hall–Kier alpha value is -0.0400. The van der Waals surface area contributed by atoms with E-state index in [2.05, 4.69) is 41.5 Å². The molecule has 1 nitrogen and oxygen atoms in total. The van der Waals surface area contributed by atoms with Crippen LogP contribution in [0.1, 0.15) is 54.4 Å². The summed E-state index contributed by atoms with van der Waals surface area (Å²) in [6, 6.07) is 0.396. The first kappa shape index (κ1) is 11.0. The van der Waals surface area contributed by atoms with Crippen molar-refractivity contribution in [1.29, 1.82) is 0 Å². The number of nitrogens with two attached hydrogens (primary N) is 1. The zero-order valence-electron chi connectivity index (χ0n) is 10.1. The number of rotatable bonds is 0. The maximum Gasteiger partial charge on any atom is 0.0106 e. The lowest BCUT2D eigenvalue weighted by atomic mass is 9.43. The van der Waals surface area contributed by atoms with E-state index in [9.17, 15) is 0 Å². The lowest BCUT2D eigenvalue weighted by molar-refractivity contribution is -0.119. The molecule has 1 heteroatoms. The van der Waals surface area contributed by atoms with Crippen molar-refractivity contribution < 1.29 is 0 Å². The van der Waals surface area contributed by atoms with Crippen LogP contribution in [-0.4, -0.2) is 6.04 Å². The van der Waals surface area contributed by atoms with Crippen LogP contribution >= 0.6 is 0 Å². The van der Waals surface area contributed by atoms with Crippen LogP contribution in [0.5, 0.6) is 0 Å². The molecule has 0 aromatic rings. The summed E-state index contributed by atoms with van der Waals surface area (Å²) < 4.78 is 0. The van der Waals surface area contributed by atoms with Crippen LogP contribution in [0, 0.1) is 16.2 Å². The number of hydrogen-bond acceptors (Lipinski definition) is 1. The Labute approximate surface area is 83.1 Å². The monoisotopic (exact) mass is 183 g/mol. The van der Waals surface area contributed by atoms with E-state index in [4.69, 9.17) is 5.73 Å². The van der Waals surface area contributed by atoms with E-state index in [-0.39, 0.29) is 0 Å². The highest BCUT2D eigenvalue weighted by atomic mass is 14.8. The fraction of sp³-hybridized carbons (Fsp3) is 1.00. The molecule has 1 atom stereocenters. The second-order valence-corrected chi connectivity index (χ2v) is 6.62. The van der Waals surface area contributed by atoms with Gasteiger partial charge in [-0.2, -0.15) is 0 Å². The molecule has 1 saturated carbocycles. The Bertz CT molecular complexity index is 178. The van der Waals surface area contributed by atoms with Crippen LogP contribution in [0.25, 0.3) is 0 Å². The van der Waals surface area contributed by atoms with Crippen molar-refractivity contribution in [3.05, 3.63) is 0 Å². The largest absolute Gasteiger partial charge is 0.327 e. The molecule has 0 heterocycles. The van der Waals surface area contributed by atoms with Crippen molar-refractivity contribution in [1.82, 2.24) is 0 Å². The molecule has 1 rings (SSSR count). The third kappa shape index (κ3) is 1.32. The van der Waals surface area contributed by atoms with Gasteiger partial charge in [0, 0.05) is 6.04 Å². The summed E-state index contributed by atoms with van der Waals surface area (Å²) in [5.74, 6) is 0. The fourth-order valence-corrected chi connectivity index (χ4v) is 3.59. The van der Waals surface area contributed by atoms with Crippen LogP contribution in [0.4, 0.5) is 0 Å². The van der Waals surface area contributed by atoms with Crippen LogP contribution in [0.3, 0.4) is 0 Å². The zero-order chi connectivity index (χ0) is 10.5. The first-order valence-corrected chi connectivity index (χ1v) is 5.38. The maximum atomic E-state index is 6.23. The van der Waals surface area contributed by atoms with Gasteiger partial charge in [-0.1, -0.05) is 41.5 Å². The second kappa shape index (κ2) is 2.73. The summed E-state index contributed by atoms with van der Waals surface area (Å²) in [4.78, 5) is 0. The molecular weight excluding hydrogens is 158 g/mol. The Morgan fingerprint density at radius 1 is 1.00 bits per heavy atom. The van der Waals surface area contributed by atoms with Gasteiger partial charge in [-0.15, -0.1) is 0 Å². The molecule has 0 aliphatic heterocycles. The highest BCUT2D eigenvalue weighted by Crippen LogP contribution is 2.62. The fourth-order valence-electron chi connectivity index (χ4n) is 3.59. The highest BCUT2D eigenvalue weighted by Gasteiger charge is 2.58. The van der Waals surface area contributed by atoms with Crippen LogP contribution in [-0.2, 0) is 0 Å². The van der Waals surface area contributed by atoms with Crippen molar-refractivity contribution in [2.24, 2.45) is 22.0 Å². The molecule has 1 fully saturated rings. The molecule has 0 aromatic heterocycles. The topological polar surface area (TPSA) is 26.0 Å². The zero-order valence-corrected chi connectivity index (χ0v) is 10.1. The van der Waals surface area contributed by atoms with Crippen LogP contribution in [0.2, 0.25) is 0 Å². The molecular formula is C12H25N. The van der Waals surface area contributed by atoms with Gasteiger partial charge >= 0.3 is 0 Å².